The first-order chi connectivity index (χ1) is 13.7. The number of rotatable bonds is 6. The Balaban J connectivity index is 1.34. The van der Waals surface area contributed by atoms with E-state index >= 15 is 0 Å². The molecule has 0 bridgehead atoms. The van der Waals surface area contributed by atoms with Gasteiger partial charge in [-0.1, -0.05) is 29.8 Å². The summed E-state index contributed by atoms with van der Waals surface area (Å²) >= 11 is 6.18. The summed E-state index contributed by atoms with van der Waals surface area (Å²) in [5, 5.41) is 8.92. The van der Waals surface area contributed by atoms with Crippen molar-refractivity contribution in [3.63, 3.8) is 0 Å². The zero-order chi connectivity index (χ0) is 19.3. The Kier molecular flexibility index (Phi) is 5.90. The number of nitrogens with one attached hydrogen (secondary N) is 1. The molecule has 1 amide bonds. The predicted octanol–water partition coefficient (Wildman–Crippen LogP) is 3.55. The molecule has 1 fully saturated rings. The van der Waals surface area contributed by atoms with Crippen LogP contribution < -0.4 is 5.32 Å². The number of morpholine rings is 1. The standard InChI is InChI=1S/C21H23ClN4O2/c22-19-5-2-6-20-18(19)14-23-26(20)8-7-21(27)24-17-4-1-3-16(13-17)15-25-9-11-28-12-10-25/h1-6,13-14H,7-12,15H2,(H,24,27). The third-order valence-corrected chi connectivity index (χ3v) is 5.24. The normalized spacial score (nSPS) is 15.0. The van der Waals surface area contributed by atoms with Crippen LogP contribution in [0.2, 0.25) is 5.02 Å². The number of fused-ring (bicyclic) bond motifs is 1. The van der Waals surface area contributed by atoms with E-state index in [1.54, 1.807) is 6.20 Å². The van der Waals surface area contributed by atoms with Gasteiger partial charge in [0.05, 0.1) is 36.5 Å². The number of aromatic nitrogens is 2. The van der Waals surface area contributed by atoms with E-state index < -0.39 is 0 Å². The summed E-state index contributed by atoms with van der Waals surface area (Å²) in [5.74, 6) is -0.0331. The van der Waals surface area contributed by atoms with E-state index in [-0.39, 0.29) is 5.91 Å². The van der Waals surface area contributed by atoms with E-state index in [0.717, 1.165) is 49.4 Å². The number of benzene rings is 2. The summed E-state index contributed by atoms with van der Waals surface area (Å²) in [6.45, 7) is 4.82. The average molecular weight is 399 g/mol. The van der Waals surface area contributed by atoms with Crippen molar-refractivity contribution in [3.05, 3.63) is 59.2 Å². The number of anilines is 1. The molecule has 0 saturated carbocycles. The highest BCUT2D eigenvalue weighted by atomic mass is 35.5. The van der Waals surface area contributed by atoms with Crippen LogP contribution in [0.3, 0.4) is 0 Å². The fourth-order valence-electron chi connectivity index (χ4n) is 3.44. The molecule has 1 saturated heterocycles. The molecule has 7 heteroatoms. The Bertz CT molecular complexity index is 966. The van der Waals surface area contributed by atoms with Crippen LogP contribution in [-0.2, 0) is 22.6 Å². The maximum atomic E-state index is 12.4. The van der Waals surface area contributed by atoms with Crippen molar-refractivity contribution in [2.75, 3.05) is 31.6 Å². The summed E-state index contributed by atoms with van der Waals surface area (Å²) in [7, 11) is 0. The highest BCUT2D eigenvalue weighted by Crippen LogP contribution is 2.23. The van der Waals surface area contributed by atoms with Gasteiger partial charge in [0.15, 0.2) is 0 Å². The molecule has 0 atom stereocenters. The SMILES string of the molecule is O=C(CCn1ncc2c(Cl)cccc21)Nc1cccc(CN2CCOCC2)c1. The minimum Gasteiger partial charge on any atom is -0.379 e. The van der Waals surface area contributed by atoms with E-state index in [4.69, 9.17) is 16.3 Å². The largest absolute Gasteiger partial charge is 0.379 e. The number of carbonyl (C=O) groups excluding carboxylic acids is 1. The van der Waals surface area contributed by atoms with E-state index in [1.165, 1.54) is 5.56 Å². The van der Waals surface area contributed by atoms with Crippen LogP contribution in [0.25, 0.3) is 10.9 Å². The Morgan fingerprint density at radius 1 is 1.18 bits per heavy atom. The summed E-state index contributed by atoms with van der Waals surface area (Å²) in [6, 6.07) is 13.7. The van der Waals surface area contributed by atoms with Crippen molar-refractivity contribution < 1.29 is 9.53 Å². The van der Waals surface area contributed by atoms with Gasteiger partial charge in [-0.25, -0.2) is 0 Å². The van der Waals surface area contributed by atoms with Gasteiger partial charge in [-0.15, -0.1) is 0 Å². The van der Waals surface area contributed by atoms with E-state index in [0.29, 0.717) is 18.0 Å². The zero-order valence-electron chi connectivity index (χ0n) is 15.6. The maximum Gasteiger partial charge on any atom is 0.226 e. The van der Waals surface area contributed by atoms with Gasteiger partial charge in [-0.3, -0.25) is 14.4 Å². The zero-order valence-corrected chi connectivity index (χ0v) is 16.4. The predicted molar refractivity (Wildman–Crippen MR) is 111 cm³/mol. The van der Waals surface area contributed by atoms with Crippen molar-refractivity contribution in [1.29, 1.82) is 0 Å². The molecule has 3 aromatic rings. The van der Waals surface area contributed by atoms with Crippen LogP contribution >= 0.6 is 11.6 Å². The van der Waals surface area contributed by atoms with Crippen LogP contribution in [-0.4, -0.2) is 46.9 Å². The molecule has 0 radical (unpaired) electrons. The second-order valence-corrected chi connectivity index (χ2v) is 7.33. The minimum absolute atomic E-state index is 0.0331. The lowest BCUT2D eigenvalue weighted by molar-refractivity contribution is -0.116. The quantitative estimate of drug-likeness (QED) is 0.689. The van der Waals surface area contributed by atoms with Crippen molar-refractivity contribution >= 4 is 34.1 Å². The summed E-state index contributed by atoms with van der Waals surface area (Å²) in [5.41, 5.74) is 2.95. The third-order valence-electron chi connectivity index (χ3n) is 4.91. The third kappa shape index (κ3) is 4.52. The first-order valence-electron chi connectivity index (χ1n) is 9.48. The molecule has 2 heterocycles. The smallest absolute Gasteiger partial charge is 0.226 e. The number of amides is 1. The van der Waals surface area contributed by atoms with Gasteiger partial charge in [0, 0.05) is 37.1 Å². The molecule has 4 rings (SSSR count). The molecule has 1 aromatic heterocycles. The van der Waals surface area contributed by atoms with E-state index in [9.17, 15) is 4.79 Å². The van der Waals surface area contributed by atoms with Gasteiger partial charge in [-0.2, -0.15) is 5.10 Å². The first-order valence-corrected chi connectivity index (χ1v) is 9.86. The molecule has 1 aliphatic heterocycles. The number of aryl methyl sites for hydroxylation is 1. The highest BCUT2D eigenvalue weighted by Gasteiger charge is 2.12. The Morgan fingerprint density at radius 3 is 2.86 bits per heavy atom. The van der Waals surface area contributed by atoms with Gasteiger partial charge >= 0.3 is 0 Å². The molecular weight excluding hydrogens is 376 g/mol. The lowest BCUT2D eigenvalue weighted by Crippen LogP contribution is -2.35. The van der Waals surface area contributed by atoms with Gasteiger partial charge in [0.2, 0.25) is 5.91 Å². The molecule has 2 aromatic carbocycles. The Labute approximate surface area is 169 Å². The molecule has 146 valence electrons. The van der Waals surface area contributed by atoms with Crippen molar-refractivity contribution in [2.24, 2.45) is 0 Å². The summed E-state index contributed by atoms with van der Waals surface area (Å²) in [4.78, 5) is 14.8. The van der Waals surface area contributed by atoms with Crippen LogP contribution in [0.5, 0.6) is 0 Å². The van der Waals surface area contributed by atoms with E-state index in [2.05, 4.69) is 21.4 Å². The molecule has 0 spiro atoms. The first kappa shape index (κ1) is 18.9. The fraction of sp³-hybridized carbons (Fsp3) is 0.333. The van der Waals surface area contributed by atoms with Gasteiger partial charge in [0.25, 0.3) is 0 Å². The van der Waals surface area contributed by atoms with Crippen LogP contribution in [0.4, 0.5) is 5.69 Å². The van der Waals surface area contributed by atoms with Gasteiger partial charge in [0.1, 0.15) is 0 Å². The maximum absolute atomic E-state index is 12.4. The number of nitrogens with zero attached hydrogens (tertiary/aromatic N) is 3. The number of halogens is 1. The fourth-order valence-corrected chi connectivity index (χ4v) is 3.66. The molecule has 0 unspecified atom stereocenters. The average Bonchev–Trinajstić information content (AvgIpc) is 3.12. The lowest BCUT2D eigenvalue weighted by Gasteiger charge is -2.26. The number of ether oxygens (including phenoxy) is 1. The molecule has 1 aliphatic rings. The summed E-state index contributed by atoms with van der Waals surface area (Å²) < 4.78 is 7.21. The van der Waals surface area contributed by atoms with Gasteiger partial charge in [-0.05, 0) is 29.8 Å². The Hall–Kier alpha value is -2.41. The van der Waals surface area contributed by atoms with Crippen molar-refractivity contribution in [3.8, 4) is 0 Å². The monoisotopic (exact) mass is 398 g/mol. The molecule has 28 heavy (non-hydrogen) atoms. The highest BCUT2D eigenvalue weighted by molar-refractivity contribution is 6.35. The van der Waals surface area contributed by atoms with Crippen molar-refractivity contribution in [1.82, 2.24) is 14.7 Å². The van der Waals surface area contributed by atoms with E-state index in [1.807, 2.05) is 41.1 Å². The topological polar surface area (TPSA) is 59.4 Å². The van der Waals surface area contributed by atoms with Crippen molar-refractivity contribution in [2.45, 2.75) is 19.5 Å². The van der Waals surface area contributed by atoms with Crippen LogP contribution in [0.1, 0.15) is 12.0 Å². The molecule has 0 aliphatic carbocycles. The second-order valence-electron chi connectivity index (χ2n) is 6.93. The number of hydrogen-bond donors (Lipinski definition) is 1. The number of carbonyl (C=O) groups is 1. The Morgan fingerprint density at radius 2 is 2.00 bits per heavy atom. The molecule has 6 nitrogen and oxygen atoms in total. The number of hydrogen-bond acceptors (Lipinski definition) is 4. The van der Waals surface area contributed by atoms with Crippen LogP contribution in [0, 0.1) is 0 Å². The van der Waals surface area contributed by atoms with Gasteiger partial charge < -0.3 is 10.1 Å². The minimum atomic E-state index is -0.0331. The summed E-state index contributed by atoms with van der Waals surface area (Å²) in [6.07, 6.45) is 2.08. The molecule has 1 N–H and O–H groups in total. The van der Waals surface area contributed by atoms with Crippen LogP contribution in [0.15, 0.2) is 48.7 Å². The second kappa shape index (κ2) is 8.73. The molecular formula is C21H23ClN4O2. The lowest BCUT2D eigenvalue weighted by atomic mass is 10.1.